The molecule has 2 aromatic heterocycles. The number of benzene rings is 2. The molecule has 0 radical (unpaired) electrons. The predicted octanol–water partition coefficient (Wildman–Crippen LogP) is 4.77. The quantitative estimate of drug-likeness (QED) is 0.485. The molecule has 0 spiro atoms. The fraction of sp³-hybridized carbons (Fsp3) is 0.185. The number of nitrogens with one attached hydrogen (secondary N) is 1. The van der Waals surface area contributed by atoms with E-state index in [1.807, 2.05) is 74.5 Å². The van der Waals surface area contributed by atoms with Crippen molar-refractivity contribution in [2.75, 3.05) is 7.11 Å². The van der Waals surface area contributed by atoms with Gasteiger partial charge < -0.3 is 14.1 Å². The molecule has 0 saturated carbocycles. The average molecular weight is 440 g/mol. The van der Waals surface area contributed by atoms with Gasteiger partial charge in [-0.2, -0.15) is 0 Å². The molecule has 1 N–H and O–H groups in total. The minimum atomic E-state index is -0.0659. The van der Waals surface area contributed by atoms with Gasteiger partial charge in [0.15, 0.2) is 0 Å². The molecule has 166 valence electrons. The lowest BCUT2D eigenvalue weighted by Gasteiger charge is -2.18. The van der Waals surface area contributed by atoms with E-state index in [2.05, 4.69) is 16.5 Å². The summed E-state index contributed by atoms with van der Waals surface area (Å²) in [6, 6.07) is 21.5. The molecule has 1 aliphatic rings. The number of hydroxylamine groups is 1. The zero-order chi connectivity index (χ0) is 22.9. The van der Waals surface area contributed by atoms with Crippen molar-refractivity contribution < 1.29 is 9.57 Å². The molecule has 6 nitrogen and oxygen atoms in total. The van der Waals surface area contributed by atoms with E-state index in [0.29, 0.717) is 17.9 Å². The molecule has 0 aliphatic carbocycles. The van der Waals surface area contributed by atoms with Crippen molar-refractivity contribution in [3.8, 4) is 16.9 Å². The molecule has 2 aromatic carbocycles. The van der Waals surface area contributed by atoms with Crippen LogP contribution in [0.3, 0.4) is 0 Å². The summed E-state index contributed by atoms with van der Waals surface area (Å²) in [5.74, 6) is 1.50. The van der Waals surface area contributed by atoms with Gasteiger partial charge in [-0.1, -0.05) is 36.4 Å². The van der Waals surface area contributed by atoms with Gasteiger partial charge in [0.05, 0.1) is 30.9 Å². The molecule has 1 atom stereocenters. The van der Waals surface area contributed by atoms with Gasteiger partial charge in [-0.15, -0.1) is 5.48 Å². The fourth-order valence-corrected chi connectivity index (χ4v) is 4.44. The van der Waals surface area contributed by atoms with Crippen molar-refractivity contribution in [2.45, 2.75) is 26.4 Å². The number of ether oxygens (including phenoxy) is 1. The highest BCUT2D eigenvalue weighted by Crippen LogP contribution is 2.37. The van der Waals surface area contributed by atoms with Crippen LogP contribution in [-0.2, 0) is 11.4 Å². The van der Waals surface area contributed by atoms with Gasteiger partial charge in [-0.05, 0) is 49.1 Å². The van der Waals surface area contributed by atoms with Crippen LogP contribution in [0.15, 0.2) is 83.5 Å². The van der Waals surface area contributed by atoms with Crippen LogP contribution in [0.2, 0.25) is 0 Å². The van der Waals surface area contributed by atoms with E-state index in [1.54, 1.807) is 17.9 Å². The molecule has 6 heteroatoms. The van der Waals surface area contributed by atoms with E-state index in [9.17, 15) is 4.79 Å². The van der Waals surface area contributed by atoms with Crippen LogP contribution in [0.25, 0.3) is 27.6 Å². The molecule has 3 heterocycles. The third kappa shape index (κ3) is 3.79. The number of rotatable bonds is 5. The lowest BCUT2D eigenvalue weighted by molar-refractivity contribution is 0.122. The Morgan fingerprint density at radius 2 is 1.82 bits per heavy atom. The molecule has 0 saturated heterocycles. The van der Waals surface area contributed by atoms with E-state index in [-0.39, 0.29) is 11.6 Å². The van der Waals surface area contributed by atoms with Crippen molar-refractivity contribution in [1.82, 2.24) is 15.0 Å². The first-order chi connectivity index (χ1) is 16.1. The Morgan fingerprint density at radius 1 is 1.06 bits per heavy atom. The van der Waals surface area contributed by atoms with Gasteiger partial charge in [-0.3, -0.25) is 9.78 Å². The number of aromatic nitrogens is 2. The van der Waals surface area contributed by atoms with Crippen LogP contribution in [0.1, 0.15) is 25.1 Å². The van der Waals surface area contributed by atoms with E-state index < -0.39 is 0 Å². The molecule has 33 heavy (non-hydrogen) atoms. The summed E-state index contributed by atoms with van der Waals surface area (Å²) in [6.45, 7) is 4.35. The highest BCUT2D eigenvalue weighted by molar-refractivity contribution is 5.91. The maximum atomic E-state index is 13.7. The fourth-order valence-electron chi connectivity index (χ4n) is 4.44. The zero-order valence-electron chi connectivity index (χ0n) is 18.8. The number of pyridine rings is 2. The predicted molar refractivity (Wildman–Crippen MR) is 130 cm³/mol. The van der Waals surface area contributed by atoms with Crippen LogP contribution in [0.4, 0.5) is 0 Å². The minimum Gasteiger partial charge on any atom is -0.496 e. The third-order valence-electron chi connectivity index (χ3n) is 6.04. The monoisotopic (exact) mass is 439 g/mol. The van der Waals surface area contributed by atoms with Crippen LogP contribution >= 0.6 is 0 Å². The molecule has 1 aliphatic heterocycles. The summed E-state index contributed by atoms with van der Waals surface area (Å²) in [4.78, 5) is 23.7. The number of nitrogens with zero attached hydrogens (tertiary/aromatic N) is 2. The maximum Gasteiger partial charge on any atom is 0.259 e. The third-order valence-corrected chi connectivity index (χ3v) is 6.04. The maximum absolute atomic E-state index is 13.7. The van der Waals surface area contributed by atoms with Gasteiger partial charge >= 0.3 is 0 Å². The first-order valence-electron chi connectivity index (χ1n) is 10.9. The second kappa shape index (κ2) is 8.56. The number of fused-ring (bicyclic) bond motifs is 1. The summed E-state index contributed by atoms with van der Waals surface area (Å²) in [7, 11) is 1.65. The molecule has 1 unspecified atom stereocenters. The molecular formula is C27H25N3O3. The second-order valence-corrected chi connectivity index (χ2v) is 8.16. The lowest BCUT2D eigenvalue weighted by atomic mass is 9.95. The number of hydrogen-bond donors (Lipinski definition) is 1. The normalized spacial score (nSPS) is 15.7. The van der Waals surface area contributed by atoms with Gasteiger partial charge in [0.2, 0.25) is 0 Å². The summed E-state index contributed by atoms with van der Waals surface area (Å²) >= 11 is 0. The Morgan fingerprint density at radius 3 is 2.48 bits per heavy atom. The Hall–Kier alpha value is -3.90. The van der Waals surface area contributed by atoms with Crippen molar-refractivity contribution in [1.29, 1.82) is 0 Å². The summed E-state index contributed by atoms with van der Waals surface area (Å²) < 4.78 is 7.55. The topological polar surface area (TPSA) is 65.4 Å². The van der Waals surface area contributed by atoms with E-state index in [4.69, 9.17) is 9.57 Å². The van der Waals surface area contributed by atoms with E-state index >= 15 is 0 Å². The van der Waals surface area contributed by atoms with Crippen LogP contribution < -0.4 is 15.8 Å². The number of methoxy groups -OCH3 is 1. The van der Waals surface area contributed by atoms with E-state index in [1.165, 1.54) is 0 Å². The first kappa shape index (κ1) is 21.0. The Labute approximate surface area is 192 Å². The van der Waals surface area contributed by atoms with Crippen LogP contribution in [0, 0.1) is 0 Å². The van der Waals surface area contributed by atoms with Crippen molar-refractivity contribution >= 4 is 16.5 Å². The molecule has 0 amide bonds. The molecule has 4 aromatic rings. The summed E-state index contributed by atoms with van der Waals surface area (Å²) in [5.41, 5.74) is 8.07. The van der Waals surface area contributed by atoms with Gasteiger partial charge in [-0.25, -0.2) is 0 Å². The average Bonchev–Trinajstić information content (AvgIpc) is 3.18. The molecular weight excluding hydrogens is 414 g/mol. The molecule has 0 bridgehead atoms. The number of hydrogen-bond acceptors (Lipinski definition) is 5. The highest BCUT2D eigenvalue weighted by Gasteiger charge is 2.26. The SMILES string of the molecule is COc1cc2c(cc1C1=C(C)ONC1C)cc(-c1ccccc1)c(=O)n2Cc1ccccn1. The number of allylic oxidation sites excluding steroid dienone is 1. The smallest absolute Gasteiger partial charge is 0.259 e. The minimum absolute atomic E-state index is 0.0179. The molecule has 5 rings (SSSR count). The van der Waals surface area contributed by atoms with Gasteiger partial charge in [0.25, 0.3) is 5.56 Å². The highest BCUT2D eigenvalue weighted by atomic mass is 16.7. The second-order valence-electron chi connectivity index (χ2n) is 8.16. The Bertz CT molecular complexity index is 1410. The summed E-state index contributed by atoms with van der Waals surface area (Å²) in [6.07, 6.45) is 1.74. The zero-order valence-corrected chi connectivity index (χ0v) is 18.8. The Kier molecular flexibility index (Phi) is 5.44. The van der Waals surface area contributed by atoms with Gasteiger partial charge in [0, 0.05) is 29.0 Å². The summed E-state index contributed by atoms with van der Waals surface area (Å²) in [5, 5.41) is 0.944. The van der Waals surface area contributed by atoms with Gasteiger partial charge in [0.1, 0.15) is 11.5 Å². The standard InChI is InChI=1S/C27H25N3O3/c1-17-26(18(2)33-29-17)23-14-20-13-22(19-9-5-4-6-10-19)27(31)30(24(20)15-25(23)32-3)16-21-11-7-8-12-28-21/h4-15,17,29H,16H2,1-3H3. The van der Waals surface area contributed by atoms with Crippen molar-refractivity contribution in [3.05, 3.63) is 100 Å². The molecule has 0 fully saturated rings. The van der Waals surface area contributed by atoms with Crippen molar-refractivity contribution in [3.63, 3.8) is 0 Å². The largest absolute Gasteiger partial charge is 0.496 e. The Balaban J connectivity index is 1.80. The van der Waals surface area contributed by atoms with E-state index in [0.717, 1.165) is 39.1 Å². The van der Waals surface area contributed by atoms with Crippen molar-refractivity contribution in [2.24, 2.45) is 0 Å². The van der Waals surface area contributed by atoms with Crippen LogP contribution in [-0.4, -0.2) is 22.7 Å². The first-order valence-corrected chi connectivity index (χ1v) is 10.9. The lowest BCUT2D eigenvalue weighted by Crippen LogP contribution is -2.23. The van der Waals surface area contributed by atoms with Crippen LogP contribution in [0.5, 0.6) is 5.75 Å².